The van der Waals surface area contributed by atoms with Gasteiger partial charge in [-0.15, -0.1) is 0 Å². The van der Waals surface area contributed by atoms with Crippen molar-refractivity contribution in [1.82, 2.24) is 20.4 Å². The number of piperidine rings is 1. The maximum atomic E-state index is 12.7. The minimum absolute atomic E-state index is 0.126. The lowest BCUT2D eigenvalue weighted by Gasteiger charge is -2.35. The van der Waals surface area contributed by atoms with Gasteiger partial charge in [-0.1, -0.05) is 6.07 Å². The minimum Gasteiger partial charge on any atom is -0.334 e. The van der Waals surface area contributed by atoms with Crippen molar-refractivity contribution in [2.45, 2.75) is 25.3 Å². The molecule has 5 heteroatoms. The topological polar surface area (TPSA) is 61.0 Å². The molecule has 3 rings (SSSR count). The first-order valence-corrected chi connectivity index (χ1v) is 7.18. The van der Waals surface area contributed by atoms with Gasteiger partial charge in [-0.2, -0.15) is 5.10 Å². The van der Waals surface area contributed by atoms with Gasteiger partial charge in [-0.05, 0) is 38.4 Å². The van der Waals surface area contributed by atoms with E-state index in [0.29, 0.717) is 6.04 Å². The van der Waals surface area contributed by atoms with Gasteiger partial charge in [0.2, 0.25) is 0 Å². The summed E-state index contributed by atoms with van der Waals surface area (Å²) in [5.41, 5.74) is 1.66. The van der Waals surface area contributed by atoms with Gasteiger partial charge in [-0.3, -0.25) is 9.89 Å². The van der Waals surface area contributed by atoms with E-state index in [0.717, 1.165) is 42.4 Å². The molecule has 0 radical (unpaired) electrons. The Morgan fingerprint density at radius 1 is 1.50 bits per heavy atom. The Morgan fingerprint density at radius 2 is 2.40 bits per heavy atom. The summed E-state index contributed by atoms with van der Waals surface area (Å²) in [6.07, 6.45) is 5.15. The molecule has 2 heterocycles. The van der Waals surface area contributed by atoms with E-state index in [4.69, 9.17) is 0 Å². The molecule has 1 saturated heterocycles. The number of aromatic amines is 1. The zero-order valence-corrected chi connectivity index (χ0v) is 11.7. The van der Waals surface area contributed by atoms with Crippen LogP contribution in [-0.4, -0.2) is 47.2 Å². The van der Waals surface area contributed by atoms with Crippen LogP contribution >= 0.6 is 0 Å². The quantitative estimate of drug-likeness (QED) is 0.895. The van der Waals surface area contributed by atoms with Gasteiger partial charge >= 0.3 is 0 Å². The highest BCUT2D eigenvalue weighted by molar-refractivity contribution is 5.98. The fourth-order valence-electron chi connectivity index (χ4n) is 2.95. The first kappa shape index (κ1) is 13.1. The lowest BCUT2D eigenvalue weighted by molar-refractivity contribution is 0.0615. The van der Waals surface area contributed by atoms with Crippen molar-refractivity contribution in [1.29, 1.82) is 0 Å². The van der Waals surface area contributed by atoms with Gasteiger partial charge in [0, 0.05) is 30.1 Å². The van der Waals surface area contributed by atoms with Gasteiger partial charge < -0.3 is 10.2 Å². The highest BCUT2D eigenvalue weighted by Crippen LogP contribution is 2.21. The first-order valence-electron chi connectivity index (χ1n) is 7.18. The van der Waals surface area contributed by atoms with Crippen LogP contribution in [0.3, 0.4) is 0 Å². The average molecular weight is 272 g/mol. The van der Waals surface area contributed by atoms with Crippen LogP contribution in [0.2, 0.25) is 0 Å². The molecule has 2 aromatic rings. The molecule has 1 aromatic carbocycles. The van der Waals surface area contributed by atoms with Crippen molar-refractivity contribution in [3.05, 3.63) is 30.0 Å². The second kappa shape index (κ2) is 5.63. The summed E-state index contributed by atoms with van der Waals surface area (Å²) in [4.78, 5) is 14.7. The summed E-state index contributed by atoms with van der Waals surface area (Å²) < 4.78 is 0. The fourth-order valence-corrected chi connectivity index (χ4v) is 2.95. The standard InChI is InChI=1S/C15H20N4O/c1-16-10-13-4-2-3-7-19(13)15(20)11-5-6-12-9-17-18-14(12)8-11/h5-6,8-9,13,16H,2-4,7,10H2,1H3,(H,17,18). The number of hydrogen-bond acceptors (Lipinski definition) is 3. The zero-order valence-electron chi connectivity index (χ0n) is 11.7. The monoisotopic (exact) mass is 272 g/mol. The molecule has 1 aliphatic heterocycles. The molecule has 106 valence electrons. The summed E-state index contributed by atoms with van der Waals surface area (Å²) >= 11 is 0. The van der Waals surface area contributed by atoms with Crippen LogP contribution in [0.25, 0.3) is 10.9 Å². The number of H-pyrrole nitrogens is 1. The number of aromatic nitrogens is 2. The van der Waals surface area contributed by atoms with Crippen molar-refractivity contribution >= 4 is 16.8 Å². The van der Waals surface area contributed by atoms with Gasteiger partial charge in [0.25, 0.3) is 5.91 Å². The number of nitrogens with one attached hydrogen (secondary N) is 2. The third-order valence-electron chi connectivity index (χ3n) is 4.02. The molecule has 1 atom stereocenters. The van der Waals surface area contributed by atoms with Crippen LogP contribution in [0, 0.1) is 0 Å². The third kappa shape index (κ3) is 2.41. The van der Waals surface area contributed by atoms with Crippen molar-refractivity contribution in [3.8, 4) is 0 Å². The third-order valence-corrected chi connectivity index (χ3v) is 4.02. The maximum Gasteiger partial charge on any atom is 0.254 e. The largest absolute Gasteiger partial charge is 0.334 e. The van der Waals surface area contributed by atoms with Crippen LogP contribution in [0.5, 0.6) is 0 Å². The van der Waals surface area contributed by atoms with E-state index in [1.54, 1.807) is 6.20 Å². The number of amides is 1. The Labute approximate surface area is 118 Å². The van der Waals surface area contributed by atoms with Gasteiger partial charge in [0.1, 0.15) is 0 Å². The predicted molar refractivity (Wildman–Crippen MR) is 78.7 cm³/mol. The predicted octanol–water partition coefficient (Wildman–Crippen LogP) is 1.78. The van der Waals surface area contributed by atoms with Crippen LogP contribution in [0.4, 0.5) is 0 Å². The molecule has 0 spiro atoms. The Morgan fingerprint density at radius 3 is 3.25 bits per heavy atom. The number of likely N-dealkylation sites (tertiary alicyclic amines) is 1. The molecule has 1 amide bonds. The van der Waals surface area contributed by atoms with Gasteiger partial charge in [-0.25, -0.2) is 0 Å². The smallest absolute Gasteiger partial charge is 0.254 e. The second-order valence-corrected chi connectivity index (χ2v) is 5.38. The molecule has 0 bridgehead atoms. The second-order valence-electron chi connectivity index (χ2n) is 5.38. The van der Waals surface area contributed by atoms with Crippen molar-refractivity contribution < 1.29 is 4.79 Å². The molecule has 0 saturated carbocycles. The Hall–Kier alpha value is -1.88. The highest BCUT2D eigenvalue weighted by Gasteiger charge is 2.26. The summed E-state index contributed by atoms with van der Waals surface area (Å²) in [7, 11) is 1.94. The summed E-state index contributed by atoms with van der Waals surface area (Å²) in [6, 6.07) is 6.04. The minimum atomic E-state index is 0.126. The van der Waals surface area contributed by atoms with Crippen LogP contribution in [-0.2, 0) is 0 Å². The zero-order chi connectivity index (χ0) is 13.9. The van der Waals surface area contributed by atoms with Crippen molar-refractivity contribution in [2.24, 2.45) is 0 Å². The highest BCUT2D eigenvalue weighted by atomic mass is 16.2. The van der Waals surface area contributed by atoms with E-state index in [2.05, 4.69) is 15.5 Å². The Balaban J connectivity index is 1.85. The summed E-state index contributed by atoms with van der Waals surface area (Å²) in [6.45, 7) is 1.71. The van der Waals surface area contributed by atoms with E-state index >= 15 is 0 Å². The molecule has 0 aliphatic carbocycles. The van der Waals surface area contributed by atoms with E-state index < -0.39 is 0 Å². The molecule has 20 heavy (non-hydrogen) atoms. The molecular weight excluding hydrogens is 252 g/mol. The number of benzene rings is 1. The van der Waals surface area contributed by atoms with Crippen LogP contribution in [0.1, 0.15) is 29.6 Å². The maximum absolute atomic E-state index is 12.7. The molecule has 1 fully saturated rings. The van der Waals surface area contributed by atoms with E-state index in [1.807, 2.05) is 30.1 Å². The van der Waals surface area contributed by atoms with Crippen LogP contribution < -0.4 is 5.32 Å². The van der Waals surface area contributed by atoms with Crippen LogP contribution in [0.15, 0.2) is 24.4 Å². The molecule has 1 aromatic heterocycles. The SMILES string of the molecule is CNCC1CCCCN1C(=O)c1ccc2cn[nH]c2c1. The molecule has 2 N–H and O–H groups in total. The molecule has 5 nitrogen and oxygen atoms in total. The normalized spacial score (nSPS) is 19.4. The van der Waals surface area contributed by atoms with Gasteiger partial charge in [0.15, 0.2) is 0 Å². The first-order chi connectivity index (χ1) is 9.79. The molecule has 1 unspecified atom stereocenters. The molecular formula is C15H20N4O. The Bertz CT molecular complexity index is 605. The lowest BCUT2D eigenvalue weighted by Crippen LogP contribution is -2.48. The van der Waals surface area contributed by atoms with Crippen molar-refractivity contribution in [3.63, 3.8) is 0 Å². The fraction of sp³-hybridized carbons (Fsp3) is 0.467. The number of nitrogens with zero attached hydrogens (tertiary/aromatic N) is 2. The Kier molecular flexibility index (Phi) is 3.69. The summed E-state index contributed by atoms with van der Waals surface area (Å²) in [5, 5.41) is 11.1. The van der Waals surface area contributed by atoms with E-state index in [-0.39, 0.29) is 5.91 Å². The number of fused-ring (bicyclic) bond motifs is 1. The van der Waals surface area contributed by atoms with Crippen molar-refractivity contribution in [2.75, 3.05) is 20.1 Å². The van der Waals surface area contributed by atoms with E-state index in [9.17, 15) is 4.79 Å². The number of carbonyl (C=O) groups excluding carboxylic acids is 1. The number of likely N-dealkylation sites (N-methyl/N-ethyl adjacent to an activating group) is 1. The summed E-state index contributed by atoms with van der Waals surface area (Å²) in [5.74, 6) is 0.126. The average Bonchev–Trinajstić information content (AvgIpc) is 2.95. The van der Waals surface area contributed by atoms with Gasteiger partial charge in [0.05, 0.1) is 11.7 Å². The van der Waals surface area contributed by atoms with E-state index in [1.165, 1.54) is 6.42 Å². The lowest BCUT2D eigenvalue weighted by atomic mass is 10.0. The number of rotatable bonds is 3. The molecule has 1 aliphatic rings. The number of hydrogen-bond donors (Lipinski definition) is 2. The number of carbonyl (C=O) groups is 1.